The van der Waals surface area contributed by atoms with E-state index in [2.05, 4.69) is 11.7 Å². The monoisotopic (exact) mass is 165 g/mol. The minimum atomic E-state index is -0.501. The van der Waals surface area contributed by atoms with E-state index in [9.17, 15) is 4.79 Å². The fourth-order valence-corrected chi connectivity index (χ4v) is 1.36. The van der Waals surface area contributed by atoms with Crippen molar-refractivity contribution in [3.05, 3.63) is 11.1 Å². The molecule has 0 aromatic carbocycles. The molecule has 3 nitrogen and oxygen atoms in total. The van der Waals surface area contributed by atoms with E-state index in [0.29, 0.717) is 5.92 Å². The van der Waals surface area contributed by atoms with Crippen molar-refractivity contribution in [2.75, 3.05) is 7.11 Å². The molecule has 0 saturated heterocycles. The molecule has 0 heterocycles. The van der Waals surface area contributed by atoms with Crippen molar-refractivity contribution >= 4 is 5.97 Å². The third kappa shape index (κ3) is 1.48. The van der Waals surface area contributed by atoms with Gasteiger partial charge in [-0.1, -0.05) is 6.92 Å². The molecule has 0 unspecified atom stereocenters. The lowest BCUT2D eigenvalue weighted by atomic mass is 9.79. The molecule has 1 saturated carbocycles. The number of rotatable bonds is 1. The molecule has 12 heavy (non-hydrogen) atoms. The van der Waals surface area contributed by atoms with Gasteiger partial charge in [0.05, 0.1) is 7.11 Å². The molecule has 0 spiro atoms. The smallest absolute Gasteiger partial charge is 0.348 e. The normalized spacial score (nSPS) is 20.8. The van der Waals surface area contributed by atoms with E-state index in [0.717, 1.165) is 18.4 Å². The molecule has 0 amide bonds. The summed E-state index contributed by atoms with van der Waals surface area (Å²) in [7, 11) is 1.29. The first kappa shape index (κ1) is 8.79. The van der Waals surface area contributed by atoms with Crippen LogP contribution in [0.2, 0.25) is 0 Å². The van der Waals surface area contributed by atoms with Crippen LogP contribution in [-0.2, 0) is 9.53 Å². The summed E-state index contributed by atoms with van der Waals surface area (Å²) in [6, 6.07) is 1.88. The van der Waals surface area contributed by atoms with Gasteiger partial charge >= 0.3 is 5.97 Å². The Hall–Kier alpha value is -1.30. The van der Waals surface area contributed by atoms with Gasteiger partial charge in [-0.25, -0.2) is 4.79 Å². The van der Waals surface area contributed by atoms with Crippen molar-refractivity contribution in [1.82, 2.24) is 0 Å². The van der Waals surface area contributed by atoms with Crippen LogP contribution in [0, 0.1) is 17.2 Å². The summed E-state index contributed by atoms with van der Waals surface area (Å²) in [5.41, 5.74) is 1.15. The number of methoxy groups -OCH3 is 1. The van der Waals surface area contributed by atoms with E-state index in [1.807, 2.05) is 6.07 Å². The quantitative estimate of drug-likeness (QED) is 0.335. The van der Waals surface area contributed by atoms with Crippen LogP contribution < -0.4 is 0 Å². The van der Waals surface area contributed by atoms with Crippen LogP contribution in [-0.4, -0.2) is 13.1 Å². The van der Waals surface area contributed by atoms with Crippen molar-refractivity contribution in [2.45, 2.75) is 19.8 Å². The third-order valence-electron chi connectivity index (χ3n) is 2.04. The van der Waals surface area contributed by atoms with E-state index in [-0.39, 0.29) is 5.57 Å². The fraction of sp³-hybridized carbons (Fsp3) is 0.556. The summed E-state index contributed by atoms with van der Waals surface area (Å²) < 4.78 is 4.48. The molecule has 0 radical (unpaired) electrons. The lowest BCUT2D eigenvalue weighted by Crippen LogP contribution is -2.17. The maximum absolute atomic E-state index is 11.0. The van der Waals surface area contributed by atoms with E-state index in [1.54, 1.807) is 0 Å². The summed E-state index contributed by atoms with van der Waals surface area (Å²) >= 11 is 0. The number of nitriles is 1. The van der Waals surface area contributed by atoms with Crippen LogP contribution in [0.5, 0.6) is 0 Å². The first-order valence-electron chi connectivity index (χ1n) is 3.89. The van der Waals surface area contributed by atoms with Gasteiger partial charge in [-0.3, -0.25) is 0 Å². The largest absolute Gasteiger partial charge is 0.465 e. The molecule has 1 aliphatic rings. The van der Waals surface area contributed by atoms with Gasteiger partial charge in [0.1, 0.15) is 11.6 Å². The van der Waals surface area contributed by atoms with E-state index in [4.69, 9.17) is 5.26 Å². The van der Waals surface area contributed by atoms with Crippen LogP contribution in [0.15, 0.2) is 11.1 Å². The molecule has 0 atom stereocenters. The Kier molecular flexibility index (Phi) is 2.49. The van der Waals surface area contributed by atoms with Crippen LogP contribution in [0.1, 0.15) is 19.8 Å². The molecule has 1 rings (SSSR count). The summed E-state index contributed by atoms with van der Waals surface area (Å²) in [6.45, 7) is 2.09. The molecule has 1 fully saturated rings. The van der Waals surface area contributed by atoms with Gasteiger partial charge in [-0.15, -0.1) is 0 Å². The number of esters is 1. The Morgan fingerprint density at radius 2 is 2.25 bits per heavy atom. The second kappa shape index (κ2) is 3.40. The van der Waals surface area contributed by atoms with Crippen LogP contribution in [0.25, 0.3) is 0 Å². The van der Waals surface area contributed by atoms with Crippen LogP contribution in [0.3, 0.4) is 0 Å². The Morgan fingerprint density at radius 3 is 2.58 bits per heavy atom. The molecule has 0 aromatic rings. The maximum atomic E-state index is 11.0. The highest BCUT2D eigenvalue weighted by Crippen LogP contribution is 2.34. The van der Waals surface area contributed by atoms with Gasteiger partial charge in [0.25, 0.3) is 0 Å². The summed E-state index contributed by atoms with van der Waals surface area (Å²) in [5.74, 6) is 0.104. The van der Waals surface area contributed by atoms with Gasteiger partial charge in [0.15, 0.2) is 0 Å². The molecule has 0 aromatic heterocycles. The molecule has 64 valence electrons. The third-order valence-corrected chi connectivity index (χ3v) is 2.04. The minimum Gasteiger partial charge on any atom is -0.465 e. The Labute approximate surface area is 71.6 Å². The van der Waals surface area contributed by atoms with Crippen molar-refractivity contribution in [3.63, 3.8) is 0 Å². The average Bonchev–Trinajstić information content (AvgIpc) is 2.02. The van der Waals surface area contributed by atoms with E-state index in [1.165, 1.54) is 7.11 Å². The van der Waals surface area contributed by atoms with Gasteiger partial charge in [0.2, 0.25) is 0 Å². The number of ether oxygens (including phenoxy) is 1. The second-order valence-electron chi connectivity index (χ2n) is 3.10. The van der Waals surface area contributed by atoms with Crippen molar-refractivity contribution in [3.8, 4) is 6.07 Å². The zero-order valence-electron chi connectivity index (χ0n) is 7.26. The standard InChI is InChI=1S/C9H11NO2/c1-6-3-7(4-6)8(5-10)9(11)12-2/h6H,3-4H2,1-2H3. The highest BCUT2D eigenvalue weighted by atomic mass is 16.5. The first-order valence-corrected chi connectivity index (χ1v) is 3.89. The summed E-state index contributed by atoms with van der Waals surface area (Å²) in [6.07, 6.45) is 1.72. The zero-order chi connectivity index (χ0) is 9.14. The first-order chi connectivity index (χ1) is 5.69. The second-order valence-corrected chi connectivity index (χ2v) is 3.10. The zero-order valence-corrected chi connectivity index (χ0v) is 7.26. The molecule has 0 bridgehead atoms. The summed E-state index contributed by atoms with van der Waals surface area (Å²) in [5, 5.41) is 8.64. The summed E-state index contributed by atoms with van der Waals surface area (Å²) in [4.78, 5) is 11.0. The SMILES string of the molecule is COC(=O)C(C#N)=C1CC(C)C1. The predicted molar refractivity (Wildman–Crippen MR) is 43.1 cm³/mol. The molecular formula is C9H11NO2. The average molecular weight is 165 g/mol. The maximum Gasteiger partial charge on any atom is 0.348 e. The minimum absolute atomic E-state index is 0.204. The van der Waals surface area contributed by atoms with E-state index >= 15 is 0 Å². The number of carbonyl (C=O) groups excluding carboxylic acids is 1. The Morgan fingerprint density at radius 1 is 1.67 bits per heavy atom. The van der Waals surface area contributed by atoms with Gasteiger partial charge in [0, 0.05) is 0 Å². The van der Waals surface area contributed by atoms with Gasteiger partial charge in [-0.05, 0) is 24.3 Å². The Balaban J connectivity index is 2.77. The van der Waals surface area contributed by atoms with Crippen LogP contribution >= 0.6 is 0 Å². The highest BCUT2D eigenvalue weighted by Gasteiger charge is 2.25. The Bertz CT molecular complexity index is 265. The van der Waals surface area contributed by atoms with Crippen molar-refractivity contribution in [2.24, 2.45) is 5.92 Å². The van der Waals surface area contributed by atoms with Gasteiger partial charge < -0.3 is 4.74 Å². The molecular weight excluding hydrogens is 154 g/mol. The fourth-order valence-electron chi connectivity index (χ4n) is 1.36. The lowest BCUT2D eigenvalue weighted by molar-refractivity contribution is -0.135. The number of allylic oxidation sites excluding steroid dienone is 1. The lowest BCUT2D eigenvalue weighted by Gasteiger charge is -2.25. The van der Waals surface area contributed by atoms with Crippen LogP contribution in [0.4, 0.5) is 0 Å². The van der Waals surface area contributed by atoms with Crippen molar-refractivity contribution in [1.29, 1.82) is 5.26 Å². The molecule has 3 heteroatoms. The molecule has 0 N–H and O–H groups in total. The number of hydrogen-bond donors (Lipinski definition) is 0. The molecule has 1 aliphatic carbocycles. The van der Waals surface area contributed by atoms with Crippen molar-refractivity contribution < 1.29 is 9.53 Å². The molecule has 0 aliphatic heterocycles. The number of carbonyl (C=O) groups is 1. The number of hydrogen-bond acceptors (Lipinski definition) is 3. The topological polar surface area (TPSA) is 50.1 Å². The van der Waals surface area contributed by atoms with Gasteiger partial charge in [-0.2, -0.15) is 5.26 Å². The highest BCUT2D eigenvalue weighted by molar-refractivity contribution is 5.93. The predicted octanol–water partition coefficient (Wildman–Crippen LogP) is 1.41. The number of nitrogens with zero attached hydrogens (tertiary/aromatic N) is 1. The van der Waals surface area contributed by atoms with E-state index < -0.39 is 5.97 Å².